The molecular weight excluding hydrogens is 1740 g/mol. The lowest BCUT2D eigenvalue weighted by Crippen LogP contribution is -2.45. The van der Waals surface area contributed by atoms with Crippen LogP contribution in [-0.4, -0.2) is 193 Å². The number of likely N-dealkylation sites (N-methyl/N-ethyl adjacent to an activating group) is 1. The minimum absolute atomic E-state index is 0.0252. The maximum atomic E-state index is 14.3. The number of halogens is 8. The summed E-state index contributed by atoms with van der Waals surface area (Å²) in [5.41, 5.74) is 12.7. The van der Waals surface area contributed by atoms with Crippen molar-refractivity contribution in [2.45, 2.75) is 103 Å². The molecule has 5 aromatic carbocycles. The van der Waals surface area contributed by atoms with E-state index >= 15 is 0 Å². The number of rotatable bonds is 16. The number of carbonyl (C=O) groups excluding carboxylic acids is 2. The van der Waals surface area contributed by atoms with Gasteiger partial charge in [0.2, 0.25) is 17.5 Å². The van der Waals surface area contributed by atoms with Gasteiger partial charge in [-0.1, -0.05) is 210 Å². The van der Waals surface area contributed by atoms with Crippen molar-refractivity contribution in [1.29, 1.82) is 0 Å². The first-order valence-corrected chi connectivity index (χ1v) is 43.9. The van der Waals surface area contributed by atoms with E-state index in [0.29, 0.717) is 90.3 Å². The minimum atomic E-state index is -3.25. The summed E-state index contributed by atoms with van der Waals surface area (Å²) < 4.78 is 34.3. The summed E-state index contributed by atoms with van der Waals surface area (Å²) in [6.45, 7) is 11.9. The third-order valence-corrected chi connectivity index (χ3v) is 25.5. The summed E-state index contributed by atoms with van der Waals surface area (Å²) in [4.78, 5) is 38.9. The van der Waals surface area contributed by atoms with E-state index in [9.17, 15) is 18.4 Å². The predicted octanol–water partition coefficient (Wildman–Crippen LogP) is 19.5. The van der Waals surface area contributed by atoms with E-state index in [4.69, 9.17) is 68.2 Å². The molecular formula is C88H81BrCl5F2N23O2S. The molecule has 122 heavy (non-hydrogen) atoms. The number of aryl methyl sites for hydroxylation is 1. The fourth-order valence-electron chi connectivity index (χ4n) is 15.2. The maximum Gasteiger partial charge on any atom is 0.289 e. The quantitative estimate of drug-likeness (QED) is 0.0909. The fraction of sp³-hybridized carbons (Fsp3) is 0.295. The van der Waals surface area contributed by atoms with Gasteiger partial charge in [0.1, 0.15) is 52.9 Å². The number of amides is 2. The highest BCUT2D eigenvalue weighted by atomic mass is 79.9. The van der Waals surface area contributed by atoms with Crippen LogP contribution in [0.15, 0.2) is 174 Å². The molecule has 11 aromatic heterocycles. The van der Waals surface area contributed by atoms with Crippen molar-refractivity contribution in [2.75, 3.05) is 66.0 Å². The first-order chi connectivity index (χ1) is 59.3. The van der Waals surface area contributed by atoms with Gasteiger partial charge in [-0.15, -0.1) is 62.3 Å². The number of fused-ring (bicyclic) bond motifs is 5. The first-order valence-electron chi connectivity index (χ1n) is 40.4. The lowest BCUT2D eigenvalue weighted by molar-refractivity contribution is -0.131. The number of aromatic amines is 2. The Labute approximate surface area is 737 Å². The van der Waals surface area contributed by atoms with Crippen LogP contribution in [0.4, 0.5) is 8.78 Å². The van der Waals surface area contributed by atoms with E-state index in [2.05, 4.69) is 123 Å². The summed E-state index contributed by atoms with van der Waals surface area (Å²) in [7, 11) is 2.18. The van der Waals surface area contributed by atoms with E-state index < -0.39 is 11.6 Å². The molecule has 5 fully saturated rings. The summed E-state index contributed by atoms with van der Waals surface area (Å²) >= 11 is 38.3. The molecule has 0 atom stereocenters. The molecule has 2 saturated carbocycles. The molecule has 0 radical (unpaired) electrons. The average Bonchev–Trinajstić information content (AvgIpc) is 1.60. The largest absolute Gasteiger partial charge is 0.343 e. The van der Waals surface area contributed by atoms with Crippen molar-refractivity contribution in [3.63, 3.8) is 0 Å². The van der Waals surface area contributed by atoms with Crippen LogP contribution in [0.25, 0.3) is 122 Å². The molecule has 25 nitrogen and oxygen atoms in total. The van der Waals surface area contributed by atoms with E-state index in [1.807, 2.05) is 137 Å². The number of piperazine rings is 1. The summed E-state index contributed by atoms with van der Waals surface area (Å²) in [5.74, 6) is -2.39. The molecule has 14 heterocycles. The van der Waals surface area contributed by atoms with Gasteiger partial charge in [0.05, 0.1) is 69.2 Å². The average molecular weight is 1820 g/mol. The highest BCUT2D eigenvalue weighted by molar-refractivity contribution is 9.10. The van der Waals surface area contributed by atoms with Gasteiger partial charge in [-0.25, -0.2) is 14.0 Å². The molecule has 34 heteroatoms. The SMILES string of the molecule is CC(F)(F)c1nn(CC(=O)N2CCCC2)c2nnc(-c3ccccc3)c(Cl)c12.Cc1ccc(-c2nn(CCN3CCN(C)CC3)c3nnc(-c4ccccc4)c(Cl)c23)s1.Clc1c(-c2ccccc2)nnc2[nH]cc(Br)c12.Clc1c(-c2ccccc2)nnc2n[nH]c(C3CC3)c12.O=C(Cn1nc(C2CC2)c2c(Cl)c(-c3ccccc3)nnc21)N1CCCC1. The van der Waals surface area contributed by atoms with Crippen LogP contribution >= 0.6 is 85.3 Å². The van der Waals surface area contributed by atoms with Gasteiger partial charge in [0.15, 0.2) is 22.6 Å². The standard InChI is InChI=1S/C23H25ClN6S.C20H20ClN5O.C19H18ClF2N5O.C14H11ClN4.C12H7BrClN3/c1-16-8-9-18(31-16)22-19-20(24)21(17-6-4-3-5-7-17)25-26-23(19)30(27-22)15-14-29-12-10-28(2)11-13-29;21-17-16-18(14-8-9-14)24-26(12-15(27)25-10-4-5-11-25)20(16)23-22-19(17)13-6-2-1-3-7-13;1-19(21,22)17-14-15(20)16(12-7-3-2-4-8-12)23-24-18(14)27(25-17)11-13(28)26-9-5-6-10-26;15-11-10-12(9-6-7-9)16-18-14(10)19-17-13(11)8-4-2-1-3-5-8;13-8-6-15-12-9(8)10(14)11(16-17-12)7-4-2-1-3-5-7/h3-9H,10-15H2,1-2H3;1-3,6-7,14H,4-5,8-12H2;2-4,7-8H,5-6,9-11H2,1H3;1-5,9H,6-7H2,(H,16,18,19);1-6H,(H,15,17). The Morgan fingerprint density at radius 1 is 0.467 bits per heavy atom. The fourth-order valence-corrected chi connectivity index (χ4v) is 18.4. The number of aromatic nitrogens is 19. The van der Waals surface area contributed by atoms with Crippen molar-refractivity contribution >= 4 is 152 Å². The zero-order valence-corrected chi connectivity index (χ0v) is 72.8. The highest BCUT2D eigenvalue weighted by Gasteiger charge is 2.37. The maximum absolute atomic E-state index is 14.3. The molecule has 2 aliphatic carbocycles. The number of benzene rings is 5. The molecule has 2 amide bonds. The zero-order chi connectivity index (χ0) is 84.3. The number of thiophene rings is 1. The normalized spacial score (nSPS) is 15.0. The number of H-pyrrole nitrogens is 2. The molecule has 0 bridgehead atoms. The van der Waals surface area contributed by atoms with Crippen LogP contribution in [0.2, 0.25) is 25.1 Å². The topological polar surface area (TPSA) is 274 Å². The Kier molecular flexibility index (Phi) is 25.2. The molecule has 622 valence electrons. The lowest BCUT2D eigenvalue weighted by Gasteiger charge is -2.32. The van der Waals surface area contributed by atoms with E-state index in [1.165, 1.54) is 22.4 Å². The van der Waals surface area contributed by atoms with Crippen molar-refractivity contribution < 1.29 is 18.4 Å². The number of nitrogens with one attached hydrogen (secondary N) is 2. The van der Waals surface area contributed by atoms with Gasteiger partial charge in [-0.05, 0) is 93.4 Å². The second-order valence-electron chi connectivity index (χ2n) is 30.7. The van der Waals surface area contributed by atoms with Gasteiger partial charge in [-0.2, -0.15) is 29.2 Å². The van der Waals surface area contributed by atoms with Crippen molar-refractivity contribution in [3.05, 3.63) is 222 Å². The third-order valence-electron chi connectivity index (χ3n) is 22.0. The second kappa shape index (κ2) is 36.8. The number of alkyl halides is 2. The Morgan fingerprint density at radius 3 is 1.36 bits per heavy atom. The smallest absolute Gasteiger partial charge is 0.289 e. The molecule has 2 N–H and O–H groups in total. The number of nitrogens with zero attached hydrogens (tertiary/aromatic N) is 21. The predicted molar refractivity (Wildman–Crippen MR) is 479 cm³/mol. The van der Waals surface area contributed by atoms with Gasteiger partial charge in [0, 0.05) is 127 Å². The summed E-state index contributed by atoms with van der Waals surface area (Å²) in [6, 6.07) is 52.6. The first kappa shape index (κ1) is 83.5. The van der Waals surface area contributed by atoms with Gasteiger partial charge in [0.25, 0.3) is 5.92 Å². The number of hydrogen-bond acceptors (Lipinski definition) is 19. The minimum Gasteiger partial charge on any atom is -0.343 e. The Bertz CT molecular complexity index is 6450. The Morgan fingerprint density at radius 2 is 0.893 bits per heavy atom. The Hall–Kier alpha value is -10.7. The van der Waals surface area contributed by atoms with Crippen LogP contribution in [0.3, 0.4) is 0 Å². The molecule has 21 rings (SSSR count). The number of hydrogen-bond donors (Lipinski definition) is 2. The monoisotopic (exact) mass is 1820 g/mol. The van der Waals surface area contributed by atoms with Crippen LogP contribution in [0.1, 0.15) is 92.1 Å². The lowest BCUT2D eigenvalue weighted by atomic mass is 10.1. The molecule has 3 aliphatic heterocycles. The van der Waals surface area contributed by atoms with E-state index in [0.717, 1.165) is 179 Å². The summed E-state index contributed by atoms with van der Waals surface area (Å²) in [5, 5.41) is 69.8. The van der Waals surface area contributed by atoms with Gasteiger partial charge in [-0.3, -0.25) is 19.6 Å². The van der Waals surface area contributed by atoms with E-state index in [1.54, 1.807) is 51.4 Å². The second-order valence-corrected chi connectivity index (χ2v) is 34.8. The number of likely N-dealkylation sites (tertiary alicyclic amines) is 2. The van der Waals surface area contributed by atoms with Crippen molar-refractivity contribution in [3.8, 4) is 66.9 Å². The van der Waals surface area contributed by atoms with Crippen molar-refractivity contribution in [2.24, 2.45) is 0 Å². The molecule has 16 aromatic rings. The number of carbonyl (C=O) groups is 2. The van der Waals surface area contributed by atoms with Crippen LogP contribution in [0, 0.1) is 6.92 Å². The van der Waals surface area contributed by atoms with E-state index in [-0.39, 0.29) is 41.0 Å². The molecule has 0 spiro atoms. The van der Waals surface area contributed by atoms with Gasteiger partial charge < -0.3 is 19.7 Å². The highest BCUT2D eigenvalue weighted by Crippen LogP contribution is 2.48. The van der Waals surface area contributed by atoms with Crippen LogP contribution in [-0.2, 0) is 35.1 Å². The molecule has 0 unspecified atom stereocenters. The van der Waals surface area contributed by atoms with Crippen LogP contribution in [0.5, 0.6) is 0 Å². The van der Waals surface area contributed by atoms with Gasteiger partial charge >= 0.3 is 0 Å². The Balaban J connectivity index is 0.000000110. The third kappa shape index (κ3) is 18.1. The molecule has 3 saturated heterocycles. The zero-order valence-electron chi connectivity index (χ0n) is 66.6. The van der Waals surface area contributed by atoms with Crippen LogP contribution < -0.4 is 0 Å². The summed E-state index contributed by atoms with van der Waals surface area (Å²) in [6.07, 6.45) is 10.4. The molecule has 5 aliphatic rings. The van der Waals surface area contributed by atoms with Crippen molar-refractivity contribution in [1.82, 2.24) is 115 Å².